The lowest BCUT2D eigenvalue weighted by molar-refractivity contribution is -0.116. The zero-order valence-electron chi connectivity index (χ0n) is 14.4. The van der Waals surface area contributed by atoms with Gasteiger partial charge in [0.05, 0.1) is 6.20 Å². The molecule has 2 aromatic rings. The van der Waals surface area contributed by atoms with Crippen LogP contribution >= 0.6 is 0 Å². The van der Waals surface area contributed by atoms with Crippen molar-refractivity contribution in [3.8, 4) is 0 Å². The predicted molar refractivity (Wildman–Crippen MR) is 94.3 cm³/mol. The van der Waals surface area contributed by atoms with Crippen molar-refractivity contribution in [3.05, 3.63) is 47.3 Å². The maximum atomic E-state index is 12.8. The Bertz CT molecular complexity index is 827. The number of anilines is 1. The van der Waals surface area contributed by atoms with Gasteiger partial charge in [0.1, 0.15) is 0 Å². The molecule has 0 bridgehead atoms. The van der Waals surface area contributed by atoms with Gasteiger partial charge in [-0.25, -0.2) is 0 Å². The molecule has 0 aliphatic carbocycles. The molecule has 1 aromatic carbocycles. The number of rotatable bonds is 3. The minimum Gasteiger partial charge on any atom is -0.338 e. The lowest BCUT2D eigenvalue weighted by Crippen LogP contribution is -2.29. The Morgan fingerprint density at radius 3 is 3.04 bits per heavy atom. The SMILES string of the molecule is Cn1cc(CC2CCN(C(=O)c3ccc4c(c3)CCC(=O)N4)C2)cn1. The van der Waals surface area contributed by atoms with Gasteiger partial charge in [0, 0.05) is 44.0 Å². The quantitative estimate of drug-likeness (QED) is 0.931. The summed E-state index contributed by atoms with van der Waals surface area (Å²) in [5.74, 6) is 0.628. The second kappa shape index (κ2) is 6.35. The molecule has 1 atom stereocenters. The summed E-state index contributed by atoms with van der Waals surface area (Å²) in [6.45, 7) is 1.60. The number of hydrogen-bond donors (Lipinski definition) is 1. The molecule has 1 fully saturated rings. The molecule has 0 spiro atoms. The van der Waals surface area contributed by atoms with Crippen molar-refractivity contribution in [3.63, 3.8) is 0 Å². The molecule has 1 unspecified atom stereocenters. The first-order valence-electron chi connectivity index (χ1n) is 8.78. The van der Waals surface area contributed by atoms with Crippen LogP contribution in [-0.2, 0) is 24.7 Å². The topological polar surface area (TPSA) is 67.2 Å². The second-order valence-electron chi connectivity index (χ2n) is 7.05. The lowest BCUT2D eigenvalue weighted by atomic mass is 10.00. The maximum absolute atomic E-state index is 12.8. The van der Waals surface area contributed by atoms with Crippen LogP contribution in [0.1, 0.15) is 34.3 Å². The maximum Gasteiger partial charge on any atom is 0.253 e. The van der Waals surface area contributed by atoms with Gasteiger partial charge in [0.2, 0.25) is 5.91 Å². The molecule has 1 aromatic heterocycles. The van der Waals surface area contributed by atoms with Crippen LogP contribution in [0.4, 0.5) is 5.69 Å². The van der Waals surface area contributed by atoms with Gasteiger partial charge in [0.15, 0.2) is 0 Å². The van der Waals surface area contributed by atoms with Gasteiger partial charge < -0.3 is 10.2 Å². The molecule has 6 nitrogen and oxygen atoms in total. The van der Waals surface area contributed by atoms with E-state index >= 15 is 0 Å². The third-order valence-corrected chi connectivity index (χ3v) is 5.10. The van der Waals surface area contributed by atoms with Crippen LogP contribution in [0.15, 0.2) is 30.6 Å². The van der Waals surface area contributed by atoms with Gasteiger partial charge >= 0.3 is 0 Å². The number of carbonyl (C=O) groups excluding carboxylic acids is 2. The number of carbonyl (C=O) groups is 2. The summed E-state index contributed by atoms with van der Waals surface area (Å²) in [6.07, 6.45) is 7.13. The third kappa shape index (κ3) is 3.29. The number of nitrogens with one attached hydrogen (secondary N) is 1. The van der Waals surface area contributed by atoms with E-state index in [4.69, 9.17) is 0 Å². The average molecular weight is 338 g/mol. The number of likely N-dealkylation sites (tertiary alicyclic amines) is 1. The zero-order chi connectivity index (χ0) is 17.4. The van der Waals surface area contributed by atoms with Crippen molar-refractivity contribution in [2.75, 3.05) is 18.4 Å². The van der Waals surface area contributed by atoms with Crippen molar-refractivity contribution < 1.29 is 9.59 Å². The van der Waals surface area contributed by atoms with Gasteiger partial charge in [-0.15, -0.1) is 0 Å². The molecule has 0 radical (unpaired) electrons. The fourth-order valence-electron chi connectivity index (χ4n) is 3.79. The van der Waals surface area contributed by atoms with E-state index in [1.807, 2.05) is 47.2 Å². The van der Waals surface area contributed by atoms with E-state index in [0.717, 1.165) is 42.7 Å². The number of nitrogens with zero attached hydrogens (tertiary/aromatic N) is 3. The highest BCUT2D eigenvalue weighted by Crippen LogP contribution is 2.26. The average Bonchev–Trinajstić information content (AvgIpc) is 3.23. The molecule has 1 N–H and O–H groups in total. The Hall–Kier alpha value is -2.63. The van der Waals surface area contributed by atoms with Gasteiger partial charge in [-0.2, -0.15) is 5.10 Å². The Balaban J connectivity index is 1.42. The summed E-state index contributed by atoms with van der Waals surface area (Å²) in [5.41, 5.74) is 3.84. The summed E-state index contributed by atoms with van der Waals surface area (Å²) in [7, 11) is 1.92. The van der Waals surface area contributed by atoms with Crippen molar-refractivity contribution in [1.82, 2.24) is 14.7 Å². The number of benzene rings is 1. The molecular formula is C19H22N4O2. The minimum absolute atomic E-state index is 0.0457. The van der Waals surface area contributed by atoms with Crippen LogP contribution in [0.25, 0.3) is 0 Å². The first-order chi connectivity index (χ1) is 12.1. The Labute approximate surface area is 146 Å². The van der Waals surface area contributed by atoms with E-state index in [1.54, 1.807) is 0 Å². The Morgan fingerprint density at radius 2 is 2.24 bits per heavy atom. The van der Waals surface area contributed by atoms with Crippen LogP contribution in [0, 0.1) is 5.92 Å². The summed E-state index contributed by atoms with van der Waals surface area (Å²) < 4.78 is 1.82. The van der Waals surface area contributed by atoms with E-state index in [2.05, 4.69) is 10.4 Å². The highest BCUT2D eigenvalue weighted by atomic mass is 16.2. The number of fused-ring (bicyclic) bond motifs is 1. The van der Waals surface area contributed by atoms with Crippen molar-refractivity contribution in [2.24, 2.45) is 13.0 Å². The molecule has 2 amide bonds. The molecule has 2 aliphatic rings. The fraction of sp³-hybridized carbons (Fsp3) is 0.421. The molecule has 0 saturated carbocycles. The van der Waals surface area contributed by atoms with Gasteiger partial charge in [-0.1, -0.05) is 0 Å². The summed E-state index contributed by atoms with van der Waals surface area (Å²) in [5, 5.41) is 7.07. The van der Waals surface area contributed by atoms with Crippen LogP contribution in [-0.4, -0.2) is 39.6 Å². The summed E-state index contributed by atoms with van der Waals surface area (Å²) in [4.78, 5) is 26.2. The summed E-state index contributed by atoms with van der Waals surface area (Å²) in [6, 6.07) is 5.61. The van der Waals surface area contributed by atoms with E-state index < -0.39 is 0 Å². The molecule has 4 rings (SSSR count). The van der Waals surface area contributed by atoms with Crippen LogP contribution in [0.2, 0.25) is 0 Å². The largest absolute Gasteiger partial charge is 0.338 e. The van der Waals surface area contributed by atoms with E-state index in [1.165, 1.54) is 5.56 Å². The smallest absolute Gasteiger partial charge is 0.253 e. The minimum atomic E-state index is 0.0457. The Morgan fingerprint density at radius 1 is 1.36 bits per heavy atom. The van der Waals surface area contributed by atoms with E-state index in [9.17, 15) is 9.59 Å². The number of aromatic nitrogens is 2. The standard InChI is InChI=1S/C19H22N4O2/c1-22-11-14(10-20-22)8-13-6-7-23(12-13)19(25)16-2-4-17-15(9-16)3-5-18(24)21-17/h2,4,9-11,13H,3,5-8,12H2,1H3,(H,21,24). The van der Waals surface area contributed by atoms with Crippen LogP contribution in [0.3, 0.4) is 0 Å². The first-order valence-corrected chi connectivity index (χ1v) is 8.78. The molecule has 1 saturated heterocycles. The normalized spacial score (nSPS) is 19.6. The lowest BCUT2D eigenvalue weighted by Gasteiger charge is -2.20. The van der Waals surface area contributed by atoms with Gasteiger partial charge in [0.25, 0.3) is 5.91 Å². The van der Waals surface area contributed by atoms with Crippen molar-refractivity contribution in [2.45, 2.75) is 25.7 Å². The van der Waals surface area contributed by atoms with Crippen LogP contribution < -0.4 is 5.32 Å². The second-order valence-corrected chi connectivity index (χ2v) is 7.05. The molecule has 130 valence electrons. The number of hydrogen-bond acceptors (Lipinski definition) is 3. The molecule has 25 heavy (non-hydrogen) atoms. The highest BCUT2D eigenvalue weighted by molar-refractivity contribution is 5.98. The van der Waals surface area contributed by atoms with Crippen LogP contribution in [0.5, 0.6) is 0 Å². The number of amides is 2. The van der Waals surface area contributed by atoms with Crippen molar-refractivity contribution >= 4 is 17.5 Å². The molecule has 6 heteroatoms. The first kappa shape index (κ1) is 15.9. The molecule has 2 aliphatic heterocycles. The molecular weight excluding hydrogens is 316 g/mol. The zero-order valence-corrected chi connectivity index (χ0v) is 14.4. The van der Waals surface area contributed by atoms with E-state index in [-0.39, 0.29) is 11.8 Å². The highest BCUT2D eigenvalue weighted by Gasteiger charge is 2.28. The molecule has 3 heterocycles. The Kier molecular flexibility index (Phi) is 4.03. The summed E-state index contributed by atoms with van der Waals surface area (Å²) >= 11 is 0. The van der Waals surface area contributed by atoms with Gasteiger partial charge in [-0.3, -0.25) is 14.3 Å². The fourth-order valence-corrected chi connectivity index (χ4v) is 3.79. The van der Waals surface area contributed by atoms with Gasteiger partial charge in [-0.05, 0) is 54.5 Å². The van der Waals surface area contributed by atoms with Crippen molar-refractivity contribution in [1.29, 1.82) is 0 Å². The predicted octanol–water partition coefficient (Wildman–Crippen LogP) is 2.01. The monoisotopic (exact) mass is 338 g/mol. The van der Waals surface area contributed by atoms with E-state index in [0.29, 0.717) is 18.8 Å². The third-order valence-electron chi connectivity index (χ3n) is 5.10. The number of aryl methyl sites for hydroxylation is 2.